The van der Waals surface area contributed by atoms with Crippen molar-refractivity contribution in [3.63, 3.8) is 0 Å². The summed E-state index contributed by atoms with van der Waals surface area (Å²) in [6.07, 6.45) is 3.74. The second-order valence-electron chi connectivity index (χ2n) is 8.59. The molecule has 152 valence electrons. The number of anilines is 1. The maximum absolute atomic E-state index is 12.6. The molecule has 1 aliphatic carbocycles. The minimum absolute atomic E-state index is 0.0315. The Morgan fingerprint density at radius 1 is 1.25 bits per heavy atom. The molecule has 0 radical (unpaired) electrons. The van der Waals surface area contributed by atoms with Gasteiger partial charge in [0.05, 0.1) is 10.8 Å². The van der Waals surface area contributed by atoms with Crippen LogP contribution < -0.4 is 5.32 Å². The number of sulfonamides is 1. The average molecular weight is 404 g/mol. The van der Waals surface area contributed by atoms with Crippen LogP contribution in [0.15, 0.2) is 45.2 Å². The highest BCUT2D eigenvalue weighted by molar-refractivity contribution is 7.90. The van der Waals surface area contributed by atoms with Crippen molar-refractivity contribution in [2.75, 3.05) is 18.9 Å². The lowest BCUT2D eigenvalue weighted by Crippen LogP contribution is -2.20. The lowest BCUT2D eigenvalue weighted by atomic mass is 10.1. The fraction of sp³-hybridized carbons (Fsp3) is 0.524. The third-order valence-corrected chi connectivity index (χ3v) is 7.00. The number of nitrogens with zero attached hydrogens (tertiary/aromatic N) is 2. The molecule has 1 amide bonds. The lowest BCUT2D eigenvalue weighted by Gasteiger charge is -2.11. The van der Waals surface area contributed by atoms with Crippen molar-refractivity contribution in [2.24, 2.45) is 21.6 Å². The standard InChI is InChI=1S/C21H29N3O3S/c1-14(2)13-17-19(21(17,3)4)20(25)22-15-8-10-16(11-9-15)28(26,27)23-18-7-6-12-24(18)5/h8-11,13,17,19H,6-7,12H2,1-5H3,(H,22,25). The molecular weight excluding hydrogens is 374 g/mol. The predicted molar refractivity (Wildman–Crippen MR) is 112 cm³/mol. The summed E-state index contributed by atoms with van der Waals surface area (Å²) in [5.74, 6) is 0.723. The van der Waals surface area contributed by atoms with E-state index in [9.17, 15) is 13.2 Å². The molecule has 1 heterocycles. The summed E-state index contributed by atoms with van der Waals surface area (Å²) in [5, 5.41) is 2.91. The number of carbonyl (C=O) groups is 1. The summed E-state index contributed by atoms with van der Waals surface area (Å²) < 4.78 is 29.0. The first-order chi connectivity index (χ1) is 13.0. The summed E-state index contributed by atoms with van der Waals surface area (Å²) in [5.41, 5.74) is 1.74. The molecule has 28 heavy (non-hydrogen) atoms. The van der Waals surface area contributed by atoms with Crippen molar-refractivity contribution in [1.82, 2.24) is 4.90 Å². The molecule has 2 aliphatic rings. The largest absolute Gasteiger partial charge is 0.362 e. The monoisotopic (exact) mass is 403 g/mol. The van der Waals surface area contributed by atoms with Gasteiger partial charge in [0, 0.05) is 25.7 Å². The van der Waals surface area contributed by atoms with Gasteiger partial charge in [0.2, 0.25) is 5.91 Å². The van der Waals surface area contributed by atoms with E-state index in [-0.39, 0.29) is 28.1 Å². The molecule has 1 aromatic carbocycles. The molecule has 1 N–H and O–H groups in total. The van der Waals surface area contributed by atoms with Gasteiger partial charge in [0.25, 0.3) is 10.0 Å². The normalized spacial score (nSPS) is 24.9. The van der Waals surface area contributed by atoms with Gasteiger partial charge in [-0.3, -0.25) is 4.79 Å². The van der Waals surface area contributed by atoms with Crippen molar-refractivity contribution in [2.45, 2.75) is 45.4 Å². The van der Waals surface area contributed by atoms with E-state index in [0.717, 1.165) is 13.0 Å². The number of hydrogen-bond acceptors (Lipinski definition) is 3. The van der Waals surface area contributed by atoms with Crippen LogP contribution in [0.25, 0.3) is 0 Å². The maximum atomic E-state index is 12.6. The first kappa shape index (κ1) is 20.6. The Labute approximate surface area is 167 Å². The lowest BCUT2D eigenvalue weighted by molar-refractivity contribution is -0.118. The van der Waals surface area contributed by atoms with Crippen molar-refractivity contribution in [1.29, 1.82) is 0 Å². The summed E-state index contributed by atoms with van der Waals surface area (Å²) >= 11 is 0. The fourth-order valence-electron chi connectivity index (χ4n) is 3.88. The van der Waals surface area contributed by atoms with Crippen molar-refractivity contribution in [3.8, 4) is 0 Å². The number of carbonyl (C=O) groups excluding carboxylic acids is 1. The zero-order chi connectivity index (χ0) is 20.7. The molecule has 0 bridgehead atoms. The van der Waals surface area contributed by atoms with Gasteiger partial charge < -0.3 is 10.2 Å². The number of benzene rings is 1. The molecule has 2 fully saturated rings. The molecule has 1 aliphatic heterocycles. The van der Waals surface area contributed by atoms with Gasteiger partial charge in [-0.15, -0.1) is 4.40 Å². The Hall–Kier alpha value is -2.15. The third kappa shape index (κ3) is 4.14. The van der Waals surface area contributed by atoms with Crippen molar-refractivity contribution < 1.29 is 13.2 Å². The first-order valence-corrected chi connectivity index (χ1v) is 11.1. The molecule has 1 aromatic rings. The molecule has 3 rings (SSSR count). The van der Waals surface area contributed by atoms with Crippen molar-refractivity contribution in [3.05, 3.63) is 35.9 Å². The van der Waals surface area contributed by atoms with E-state index in [2.05, 4.69) is 29.6 Å². The summed E-state index contributed by atoms with van der Waals surface area (Å²) in [4.78, 5) is 14.6. The summed E-state index contributed by atoms with van der Waals surface area (Å²) in [6, 6.07) is 6.23. The topological polar surface area (TPSA) is 78.8 Å². The average Bonchev–Trinajstić information content (AvgIpc) is 2.90. The Balaban J connectivity index is 1.70. The van der Waals surface area contributed by atoms with E-state index >= 15 is 0 Å². The fourth-order valence-corrected chi connectivity index (χ4v) is 4.97. The SMILES string of the molecule is CC(C)=CC1C(C(=O)Nc2ccc(S(=O)(=O)N=C3CCCN3C)cc2)C1(C)C. The zero-order valence-electron chi connectivity index (χ0n) is 17.2. The van der Waals surface area contributed by atoms with E-state index in [1.165, 1.54) is 17.7 Å². The van der Waals surface area contributed by atoms with Gasteiger partial charge in [-0.05, 0) is 55.9 Å². The molecule has 0 spiro atoms. The highest BCUT2D eigenvalue weighted by atomic mass is 32.2. The van der Waals surface area contributed by atoms with Crippen LogP contribution in [0.1, 0.15) is 40.5 Å². The van der Waals surface area contributed by atoms with Crippen LogP contribution in [0.5, 0.6) is 0 Å². The molecule has 6 nitrogen and oxygen atoms in total. The quantitative estimate of drug-likeness (QED) is 0.761. The predicted octanol–water partition coefficient (Wildman–Crippen LogP) is 3.68. The molecule has 2 unspecified atom stereocenters. The van der Waals surface area contributed by atoms with E-state index in [1.54, 1.807) is 12.1 Å². The minimum atomic E-state index is -3.74. The van der Waals surface area contributed by atoms with Crippen molar-refractivity contribution >= 4 is 27.5 Å². The van der Waals surface area contributed by atoms with E-state index in [1.807, 2.05) is 25.8 Å². The molecule has 2 atom stereocenters. The number of amidine groups is 1. The smallest absolute Gasteiger partial charge is 0.283 e. The molecule has 1 saturated carbocycles. The van der Waals surface area contributed by atoms with Gasteiger partial charge in [0.1, 0.15) is 5.84 Å². The molecule has 0 aromatic heterocycles. The highest BCUT2D eigenvalue weighted by Gasteiger charge is 2.60. The van der Waals surface area contributed by atoms with Gasteiger partial charge in [0.15, 0.2) is 0 Å². The second kappa shape index (κ2) is 7.35. The van der Waals surface area contributed by atoms with E-state index in [0.29, 0.717) is 17.9 Å². The number of hydrogen-bond donors (Lipinski definition) is 1. The number of likely N-dealkylation sites (tertiary alicyclic amines) is 1. The van der Waals surface area contributed by atoms with Gasteiger partial charge >= 0.3 is 0 Å². The number of amides is 1. The van der Waals surface area contributed by atoms with Crippen LogP contribution >= 0.6 is 0 Å². The van der Waals surface area contributed by atoms with E-state index < -0.39 is 10.0 Å². The summed E-state index contributed by atoms with van der Waals surface area (Å²) in [6.45, 7) is 9.08. The van der Waals surface area contributed by atoms with Crippen LogP contribution in [0, 0.1) is 17.3 Å². The molecule has 7 heteroatoms. The number of allylic oxidation sites excluding steroid dienone is 2. The Bertz CT molecular complexity index is 926. The van der Waals surface area contributed by atoms with Gasteiger partial charge in [-0.2, -0.15) is 8.42 Å². The van der Waals surface area contributed by atoms with Crippen LogP contribution in [-0.4, -0.2) is 38.7 Å². The zero-order valence-corrected chi connectivity index (χ0v) is 18.0. The highest BCUT2D eigenvalue weighted by Crippen LogP contribution is 2.59. The molecular formula is C21H29N3O3S. The van der Waals surface area contributed by atoms with Crippen LogP contribution in [0.2, 0.25) is 0 Å². The Kier molecular flexibility index (Phi) is 5.40. The Morgan fingerprint density at radius 2 is 1.89 bits per heavy atom. The van der Waals surface area contributed by atoms with Crippen LogP contribution in [0.4, 0.5) is 5.69 Å². The second-order valence-corrected chi connectivity index (χ2v) is 10.2. The Morgan fingerprint density at radius 3 is 2.43 bits per heavy atom. The van der Waals surface area contributed by atoms with Crippen LogP contribution in [0.3, 0.4) is 0 Å². The summed E-state index contributed by atoms with van der Waals surface area (Å²) in [7, 11) is -1.89. The minimum Gasteiger partial charge on any atom is -0.362 e. The maximum Gasteiger partial charge on any atom is 0.283 e. The third-order valence-electron chi connectivity index (χ3n) is 5.69. The van der Waals surface area contributed by atoms with Crippen LogP contribution in [-0.2, 0) is 14.8 Å². The number of nitrogens with one attached hydrogen (secondary N) is 1. The van der Waals surface area contributed by atoms with Gasteiger partial charge in [-0.25, -0.2) is 0 Å². The first-order valence-electron chi connectivity index (χ1n) is 9.63. The number of rotatable bonds is 5. The van der Waals surface area contributed by atoms with Gasteiger partial charge in [-0.1, -0.05) is 25.5 Å². The van der Waals surface area contributed by atoms with E-state index in [4.69, 9.17) is 0 Å². The molecule has 1 saturated heterocycles.